The van der Waals surface area contributed by atoms with E-state index in [0.29, 0.717) is 5.56 Å². The van der Waals surface area contributed by atoms with E-state index >= 15 is 0 Å². The summed E-state index contributed by atoms with van der Waals surface area (Å²) in [6.45, 7) is 1.72. The van der Waals surface area contributed by atoms with Gasteiger partial charge in [0.2, 0.25) is 10.0 Å². The van der Waals surface area contributed by atoms with Crippen LogP contribution in [0.1, 0.15) is 18.5 Å². The second-order valence-corrected chi connectivity index (χ2v) is 5.38. The monoisotopic (exact) mass is 246 g/mol. The molecule has 0 aliphatic heterocycles. The molecule has 0 aliphatic carbocycles. The zero-order valence-electron chi connectivity index (χ0n) is 8.98. The maximum absolute atomic E-state index is 12.9. The smallest absolute Gasteiger partial charge is 0.213 e. The predicted molar refractivity (Wildman–Crippen MR) is 60.8 cm³/mol. The summed E-state index contributed by atoms with van der Waals surface area (Å²) in [6, 6.07) is 5.35. The minimum Gasteiger partial charge on any atom is -0.329 e. The van der Waals surface area contributed by atoms with Crippen LogP contribution < -0.4 is 10.5 Å². The molecule has 1 aromatic carbocycles. The molecule has 0 saturated heterocycles. The van der Waals surface area contributed by atoms with E-state index in [2.05, 4.69) is 4.72 Å². The largest absolute Gasteiger partial charge is 0.329 e. The predicted octanol–water partition coefficient (Wildman–Crippen LogP) is 0.765. The van der Waals surface area contributed by atoms with Crippen molar-refractivity contribution >= 4 is 10.0 Å². The van der Waals surface area contributed by atoms with Crippen molar-refractivity contribution in [3.63, 3.8) is 0 Å². The normalized spacial score (nSPS) is 13.7. The summed E-state index contributed by atoms with van der Waals surface area (Å²) in [5, 5.41) is 0. The number of halogens is 1. The van der Waals surface area contributed by atoms with Crippen LogP contribution in [0.25, 0.3) is 0 Å². The van der Waals surface area contributed by atoms with Crippen LogP contribution >= 0.6 is 0 Å². The minimum atomic E-state index is -3.39. The van der Waals surface area contributed by atoms with Crippen LogP contribution in [0.2, 0.25) is 0 Å². The Balaban J connectivity index is 2.76. The van der Waals surface area contributed by atoms with Crippen molar-refractivity contribution in [1.82, 2.24) is 4.72 Å². The van der Waals surface area contributed by atoms with Gasteiger partial charge in [0.25, 0.3) is 0 Å². The van der Waals surface area contributed by atoms with E-state index in [-0.39, 0.29) is 18.1 Å². The van der Waals surface area contributed by atoms with Crippen molar-refractivity contribution in [2.24, 2.45) is 5.73 Å². The number of sulfonamides is 1. The molecule has 1 rings (SSSR count). The summed E-state index contributed by atoms with van der Waals surface area (Å²) < 4.78 is 38.2. The lowest BCUT2D eigenvalue weighted by atomic mass is 10.1. The van der Waals surface area contributed by atoms with E-state index in [1.807, 2.05) is 0 Å². The van der Waals surface area contributed by atoms with Gasteiger partial charge in [-0.3, -0.25) is 0 Å². The molecule has 1 atom stereocenters. The van der Waals surface area contributed by atoms with Crippen LogP contribution in [0.5, 0.6) is 0 Å². The van der Waals surface area contributed by atoms with Gasteiger partial charge in [0, 0.05) is 12.6 Å². The van der Waals surface area contributed by atoms with Crippen LogP contribution in [0.3, 0.4) is 0 Å². The van der Waals surface area contributed by atoms with E-state index in [0.717, 1.165) is 0 Å². The van der Waals surface area contributed by atoms with E-state index < -0.39 is 16.1 Å². The Labute approximate surface area is 94.7 Å². The minimum absolute atomic E-state index is 0.0607. The maximum atomic E-state index is 12.9. The average molecular weight is 246 g/mol. The highest BCUT2D eigenvalue weighted by molar-refractivity contribution is 7.89. The highest BCUT2D eigenvalue weighted by Gasteiger charge is 2.14. The number of nitrogens with two attached hydrogens (primary N) is 1. The molecule has 16 heavy (non-hydrogen) atoms. The number of hydrogen-bond acceptors (Lipinski definition) is 3. The molecule has 90 valence electrons. The van der Waals surface area contributed by atoms with Crippen LogP contribution in [-0.4, -0.2) is 20.7 Å². The molecule has 0 aromatic heterocycles. The zero-order chi connectivity index (χ0) is 12.2. The van der Waals surface area contributed by atoms with E-state index in [1.165, 1.54) is 12.1 Å². The fourth-order valence-electron chi connectivity index (χ4n) is 1.33. The molecule has 6 heteroatoms. The van der Waals surface area contributed by atoms with Crippen LogP contribution in [-0.2, 0) is 10.0 Å². The second-order valence-electron chi connectivity index (χ2n) is 3.50. The Morgan fingerprint density at radius 1 is 1.50 bits per heavy atom. The Morgan fingerprint density at radius 3 is 2.75 bits per heavy atom. The fourth-order valence-corrected chi connectivity index (χ4v) is 2.43. The molecule has 1 aromatic rings. The van der Waals surface area contributed by atoms with Crippen molar-refractivity contribution in [3.8, 4) is 0 Å². The first-order chi connectivity index (χ1) is 7.44. The van der Waals surface area contributed by atoms with Gasteiger partial charge in [0.05, 0.1) is 5.75 Å². The SMILES string of the molecule is CC(NS(=O)(=O)CCN)c1cccc(F)c1. The quantitative estimate of drug-likeness (QED) is 0.806. The van der Waals surface area contributed by atoms with E-state index in [1.54, 1.807) is 19.1 Å². The molecule has 1 unspecified atom stereocenters. The summed E-state index contributed by atoms with van der Waals surface area (Å²) >= 11 is 0. The zero-order valence-corrected chi connectivity index (χ0v) is 9.80. The molecular weight excluding hydrogens is 231 g/mol. The number of rotatable bonds is 5. The lowest BCUT2D eigenvalue weighted by Gasteiger charge is -2.14. The Hall–Kier alpha value is -0.980. The van der Waals surface area contributed by atoms with Crippen LogP contribution in [0.15, 0.2) is 24.3 Å². The first-order valence-corrected chi connectivity index (χ1v) is 6.55. The van der Waals surface area contributed by atoms with Crippen molar-refractivity contribution in [1.29, 1.82) is 0 Å². The van der Waals surface area contributed by atoms with Gasteiger partial charge < -0.3 is 5.73 Å². The topological polar surface area (TPSA) is 72.2 Å². The third kappa shape index (κ3) is 3.88. The third-order valence-electron chi connectivity index (χ3n) is 2.09. The first kappa shape index (κ1) is 13.1. The Morgan fingerprint density at radius 2 is 2.19 bits per heavy atom. The molecule has 4 nitrogen and oxygen atoms in total. The van der Waals surface area contributed by atoms with Gasteiger partial charge in [-0.2, -0.15) is 0 Å². The lowest BCUT2D eigenvalue weighted by molar-refractivity contribution is 0.564. The second kappa shape index (κ2) is 5.38. The van der Waals surface area contributed by atoms with Gasteiger partial charge in [-0.15, -0.1) is 0 Å². The molecule has 0 fully saturated rings. The van der Waals surface area contributed by atoms with E-state index in [9.17, 15) is 12.8 Å². The first-order valence-electron chi connectivity index (χ1n) is 4.90. The molecule has 0 bridgehead atoms. The van der Waals surface area contributed by atoms with Crippen molar-refractivity contribution in [2.75, 3.05) is 12.3 Å². The van der Waals surface area contributed by atoms with Crippen LogP contribution in [0, 0.1) is 5.82 Å². The number of benzene rings is 1. The summed E-state index contributed by atoms with van der Waals surface area (Å²) in [5.41, 5.74) is 5.76. The molecule has 0 saturated carbocycles. The van der Waals surface area contributed by atoms with Gasteiger partial charge in [0.15, 0.2) is 0 Å². The summed E-state index contributed by atoms with van der Waals surface area (Å²) in [4.78, 5) is 0. The third-order valence-corrected chi connectivity index (χ3v) is 3.58. The van der Waals surface area contributed by atoms with Gasteiger partial charge in [-0.1, -0.05) is 12.1 Å². The molecule has 0 radical (unpaired) electrons. The van der Waals surface area contributed by atoms with Gasteiger partial charge in [-0.25, -0.2) is 17.5 Å². The van der Waals surface area contributed by atoms with Crippen LogP contribution in [0.4, 0.5) is 4.39 Å². The Bertz CT molecular complexity index is 448. The van der Waals surface area contributed by atoms with Crippen molar-refractivity contribution in [2.45, 2.75) is 13.0 Å². The molecular formula is C10H15FN2O2S. The molecule has 3 N–H and O–H groups in total. The highest BCUT2D eigenvalue weighted by atomic mass is 32.2. The number of nitrogens with one attached hydrogen (secondary N) is 1. The standard InChI is InChI=1S/C10H15FN2O2S/c1-8(13-16(14,15)6-5-12)9-3-2-4-10(11)7-9/h2-4,7-8,13H,5-6,12H2,1H3. The maximum Gasteiger partial charge on any atom is 0.213 e. The van der Waals surface area contributed by atoms with Gasteiger partial charge in [0.1, 0.15) is 5.82 Å². The Kier molecular flexibility index (Phi) is 4.40. The van der Waals surface area contributed by atoms with Crippen molar-refractivity contribution < 1.29 is 12.8 Å². The fraction of sp³-hybridized carbons (Fsp3) is 0.400. The van der Waals surface area contributed by atoms with E-state index in [4.69, 9.17) is 5.73 Å². The molecule has 0 spiro atoms. The summed E-state index contributed by atoms with van der Waals surface area (Å²) in [6.07, 6.45) is 0. The lowest BCUT2D eigenvalue weighted by Crippen LogP contribution is -2.31. The molecule has 0 aliphatic rings. The summed E-state index contributed by atoms with van der Waals surface area (Å²) in [5.74, 6) is -0.519. The number of hydrogen-bond donors (Lipinski definition) is 2. The highest BCUT2D eigenvalue weighted by Crippen LogP contribution is 2.14. The summed E-state index contributed by atoms with van der Waals surface area (Å²) in [7, 11) is -3.39. The van der Waals surface area contributed by atoms with Gasteiger partial charge in [-0.05, 0) is 24.6 Å². The average Bonchev–Trinajstić information content (AvgIpc) is 2.16. The molecule has 0 amide bonds. The van der Waals surface area contributed by atoms with Crippen molar-refractivity contribution in [3.05, 3.63) is 35.6 Å². The van der Waals surface area contributed by atoms with Gasteiger partial charge >= 0.3 is 0 Å². The molecule has 0 heterocycles.